The highest BCUT2D eigenvalue weighted by atomic mass is 35.5. The van der Waals surface area contributed by atoms with Crippen LogP contribution in [0.25, 0.3) is 0 Å². The molecule has 0 atom stereocenters. The summed E-state index contributed by atoms with van der Waals surface area (Å²) in [4.78, 5) is 40.0. The van der Waals surface area contributed by atoms with Gasteiger partial charge >= 0.3 is 0 Å². The summed E-state index contributed by atoms with van der Waals surface area (Å²) < 4.78 is 5.32. The normalized spacial score (nSPS) is 13.3. The number of ether oxygens (including phenoxy) is 1. The maximum Gasteiger partial charge on any atom is 0.272 e. The van der Waals surface area contributed by atoms with Crippen LogP contribution in [0.5, 0.6) is 5.75 Å². The van der Waals surface area contributed by atoms with Crippen LogP contribution in [0.15, 0.2) is 60.7 Å². The van der Waals surface area contributed by atoms with Gasteiger partial charge in [-0.3, -0.25) is 19.7 Å². The molecule has 3 aromatic rings. The second kappa shape index (κ2) is 10.7. The number of nitro groups is 1. The number of rotatable bonds is 6. The molecule has 36 heavy (non-hydrogen) atoms. The zero-order chi connectivity index (χ0) is 25.8. The third-order valence-corrected chi connectivity index (χ3v) is 6.34. The molecule has 0 radical (unpaired) electrons. The number of benzene rings is 3. The zero-order valence-electron chi connectivity index (χ0n) is 19.9. The molecule has 1 N–H and O–H groups in total. The number of carbonyl (C=O) groups is 2. The fraction of sp³-hybridized carbons (Fsp3) is 0.231. The van der Waals surface area contributed by atoms with E-state index < -0.39 is 4.92 Å². The Morgan fingerprint density at radius 2 is 1.69 bits per heavy atom. The SMILES string of the molecule is COc1ccc(Cl)cc1C(=O)N1CCN(c2ccc(NC(=O)c3ccc([N+](=O)[O-])c(C)c3)cc2)CC1. The van der Waals surface area contributed by atoms with Gasteiger partial charge in [0.25, 0.3) is 17.5 Å². The highest BCUT2D eigenvalue weighted by Crippen LogP contribution is 2.26. The van der Waals surface area contributed by atoms with Gasteiger partial charge in [-0.05, 0) is 61.5 Å². The Morgan fingerprint density at radius 3 is 2.31 bits per heavy atom. The molecule has 10 heteroatoms. The van der Waals surface area contributed by atoms with Crippen LogP contribution in [0.1, 0.15) is 26.3 Å². The molecule has 1 fully saturated rings. The zero-order valence-corrected chi connectivity index (χ0v) is 20.6. The monoisotopic (exact) mass is 508 g/mol. The number of nitrogens with zero attached hydrogens (tertiary/aromatic N) is 3. The van der Waals surface area contributed by atoms with Crippen molar-refractivity contribution in [1.82, 2.24) is 4.90 Å². The van der Waals surface area contributed by atoms with Gasteiger partial charge in [-0.25, -0.2) is 0 Å². The molecule has 0 spiro atoms. The fourth-order valence-corrected chi connectivity index (χ4v) is 4.32. The molecule has 0 saturated carbocycles. The summed E-state index contributed by atoms with van der Waals surface area (Å²) in [6, 6.07) is 16.7. The number of carbonyl (C=O) groups excluding carboxylic acids is 2. The van der Waals surface area contributed by atoms with Gasteiger partial charge < -0.3 is 19.9 Å². The maximum atomic E-state index is 13.0. The number of nitrogens with one attached hydrogen (secondary N) is 1. The lowest BCUT2D eigenvalue weighted by atomic mass is 10.1. The van der Waals surface area contributed by atoms with Crippen molar-refractivity contribution in [3.8, 4) is 5.75 Å². The van der Waals surface area contributed by atoms with E-state index in [4.69, 9.17) is 16.3 Å². The largest absolute Gasteiger partial charge is 0.496 e. The van der Waals surface area contributed by atoms with E-state index in [-0.39, 0.29) is 17.5 Å². The second-order valence-corrected chi connectivity index (χ2v) is 8.82. The van der Waals surface area contributed by atoms with Crippen LogP contribution in [0.4, 0.5) is 17.1 Å². The van der Waals surface area contributed by atoms with Crippen LogP contribution in [0, 0.1) is 17.0 Å². The summed E-state index contributed by atoms with van der Waals surface area (Å²) in [7, 11) is 1.52. The Hall–Kier alpha value is -4.11. The summed E-state index contributed by atoms with van der Waals surface area (Å²) >= 11 is 6.08. The first-order valence-corrected chi connectivity index (χ1v) is 11.7. The quantitative estimate of drug-likeness (QED) is 0.379. The topological polar surface area (TPSA) is 105 Å². The smallest absolute Gasteiger partial charge is 0.272 e. The Bertz CT molecular complexity index is 1300. The van der Waals surface area contributed by atoms with E-state index in [1.165, 1.54) is 25.3 Å². The Kier molecular flexibility index (Phi) is 7.40. The molecule has 0 aliphatic carbocycles. The first kappa shape index (κ1) is 25.0. The van der Waals surface area contributed by atoms with E-state index in [0.717, 1.165) is 5.69 Å². The molecule has 1 saturated heterocycles. The summed E-state index contributed by atoms with van der Waals surface area (Å²) in [5.41, 5.74) is 2.79. The minimum absolute atomic E-state index is 0.0237. The minimum atomic E-state index is -0.473. The molecule has 1 heterocycles. The first-order valence-electron chi connectivity index (χ1n) is 11.3. The van der Waals surface area contributed by atoms with E-state index in [0.29, 0.717) is 59.3 Å². The molecule has 2 amide bonds. The van der Waals surface area contributed by atoms with Gasteiger partial charge in [-0.15, -0.1) is 0 Å². The van der Waals surface area contributed by atoms with Crippen LogP contribution in [0.3, 0.4) is 0 Å². The maximum absolute atomic E-state index is 13.0. The number of aryl methyl sites for hydroxylation is 1. The van der Waals surface area contributed by atoms with E-state index in [9.17, 15) is 19.7 Å². The average molecular weight is 509 g/mol. The second-order valence-electron chi connectivity index (χ2n) is 8.38. The molecule has 3 aromatic carbocycles. The number of hydrogen-bond acceptors (Lipinski definition) is 6. The third-order valence-electron chi connectivity index (χ3n) is 6.10. The lowest BCUT2D eigenvalue weighted by Crippen LogP contribution is -2.48. The highest BCUT2D eigenvalue weighted by Gasteiger charge is 2.25. The predicted octanol–water partition coefficient (Wildman–Crippen LogP) is 4.78. The molecule has 9 nitrogen and oxygen atoms in total. The number of piperazine rings is 1. The molecule has 4 rings (SSSR count). The Balaban J connectivity index is 1.36. The molecule has 0 unspecified atom stereocenters. The van der Waals surface area contributed by atoms with Gasteiger partial charge in [0, 0.05) is 59.8 Å². The van der Waals surface area contributed by atoms with Crippen LogP contribution >= 0.6 is 11.6 Å². The van der Waals surface area contributed by atoms with Crippen LogP contribution in [-0.4, -0.2) is 54.9 Å². The Morgan fingerprint density at radius 1 is 1.00 bits per heavy atom. The number of methoxy groups -OCH3 is 1. The van der Waals surface area contributed by atoms with Crippen molar-refractivity contribution in [2.45, 2.75) is 6.92 Å². The van der Waals surface area contributed by atoms with Crippen LogP contribution in [-0.2, 0) is 0 Å². The van der Waals surface area contributed by atoms with E-state index in [2.05, 4.69) is 10.2 Å². The molecule has 1 aliphatic heterocycles. The van der Waals surface area contributed by atoms with Crippen molar-refractivity contribution in [2.24, 2.45) is 0 Å². The standard InChI is InChI=1S/C26H25ClN4O5/c1-17-15-18(3-9-23(17)31(34)35)25(32)28-20-5-7-21(8-6-20)29-11-13-30(14-12-29)26(33)22-16-19(27)4-10-24(22)36-2/h3-10,15-16H,11-14H2,1-2H3,(H,28,32). The number of halogens is 1. The average Bonchev–Trinajstić information content (AvgIpc) is 2.88. The van der Waals surface area contributed by atoms with Crippen LogP contribution in [0.2, 0.25) is 5.02 Å². The van der Waals surface area contributed by atoms with Gasteiger partial charge in [-0.1, -0.05) is 11.6 Å². The molecule has 186 valence electrons. The lowest BCUT2D eigenvalue weighted by Gasteiger charge is -2.36. The van der Waals surface area contributed by atoms with Crippen LogP contribution < -0.4 is 15.0 Å². The molecule has 1 aliphatic rings. The van der Waals surface area contributed by atoms with Crippen molar-refractivity contribution in [3.05, 3.63) is 92.5 Å². The number of hydrogen-bond donors (Lipinski definition) is 1. The van der Waals surface area contributed by atoms with Gasteiger partial charge in [0.15, 0.2) is 0 Å². The van der Waals surface area contributed by atoms with Gasteiger partial charge in [-0.2, -0.15) is 0 Å². The minimum Gasteiger partial charge on any atom is -0.496 e. The van der Waals surface area contributed by atoms with E-state index in [1.54, 1.807) is 42.2 Å². The highest BCUT2D eigenvalue weighted by molar-refractivity contribution is 6.31. The molecular formula is C26H25ClN4O5. The predicted molar refractivity (Wildman–Crippen MR) is 138 cm³/mol. The first-order chi connectivity index (χ1) is 17.3. The van der Waals surface area contributed by atoms with Crippen molar-refractivity contribution in [3.63, 3.8) is 0 Å². The summed E-state index contributed by atoms with van der Waals surface area (Å²) in [5, 5.41) is 14.3. The number of anilines is 2. The summed E-state index contributed by atoms with van der Waals surface area (Å²) in [6.07, 6.45) is 0. The fourth-order valence-electron chi connectivity index (χ4n) is 4.15. The lowest BCUT2D eigenvalue weighted by molar-refractivity contribution is -0.385. The van der Waals surface area contributed by atoms with Gasteiger partial charge in [0.1, 0.15) is 5.75 Å². The van der Waals surface area contributed by atoms with Crippen molar-refractivity contribution in [1.29, 1.82) is 0 Å². The molecule has 0 bridgehead atoms. The van der Waals surface area contributed by atoms with Crippen molar-refractivity contribution < 1.29 is 19.2 Å². The number of nitro benzene ring substituents is 1. The number of amides is 2. The third kappa shape index (κ3) is 5.41. The summed E-state index contributed by atoms with van der Waals surface area (Å²) in [5.74, 6) is 0.0335. The van der Waals surface area contributed by atoms with Gasteiger partial charge in [0.05, 0.1) is 17.6 Å². The van der Waals surface area contributed by atoms with Crippen molar-refractivity contribution in [2.75, 3.05) is 43.5 Å². The van der Waals surface area contributed by atoms with Gasteiger partial charge in [0.2, 0.25) is 0 Å². The van der Waals surface area contributed by atoms with Crippen molar-refractivity contribution >= 4 is 40.5 Å². The Labute approximate surface area is 213 Å². The van der Waals surface area contributed by atoms with E-state index >= 15 is 0 Å². The molecule has 0 aromatic heterocycles. The van der Waals surface area contributed by atoms with E-state index in [1.807, 2.05) is 12.1 Å². The summed E-state index contributed by atoms with van der Waals surface area (Å²) in [6.45, 7) is 4.01. The molecular weight excluding hydrogens is 484 g/mol.